The molecule has 1 aliphatic heterocycles. The summed E-state index contributed by atoms with van der Waals surface area (Å²) in [6.07, 6.45) is 1.52. The lowest BCUT2D eigenvalue weighted by Gasteiger charge is -2.26. The molecule has 1 aliphatic carbocycles. The zero-order chi connectivity index (χ0) is 7.30. The van der Waals surface area contributed by atoms with Crippen molar-refractivity contribution in [1.29, 1.82) is 0 Å². The molecule has 58 valence electrons. The molecular weight excluding hydrogens is 122 g/mol. The molecule has 0 aromatic rings. The van der Waals surface area contributed by atoms with Crippen LogP contribution in [0.5, 0.6) is 0 Å². The Bertz CT molecular complexity index is 140. The van der Waals surface area contributed by atoms with Crippen LogP contribution in [0.3, 0.4) is 0 Å². The third-order valence-corrected chi connectivity index (χ3v) is 3.13. The SMILES string of the molecule is CC(C)[C@H]1[C@@H]2C[C@@H]2CN1C. The van der Waals surface area contributed by atoms with E-state index in [0.717, 1.165) is 23.8 Å². The Balaban J connectivity index is 2.05. The van der Waals surface area contributed by atoms with Gasteiger partial charge in [0, 0.05) is 12.6 Å². The Hall–Kier alpha value is -0.0400. The van der Waals surface area contributed by atoms with E-state index in [1.807, 2.05) is 0 Å². The number of piperidine rings is 1. The van der Waals surface area contributed by atoms with Crippen molar-refractivity contribution in [2.45, 2.75) is 26.3 Å². The smallest absolute Gasteiger partial charge is 0.0147 e. The molecule has 2 aliphatic rings. The van der Waals surface area contributed by atoms with Gasteiger partial charge in [-0.05, 0) is 31.2 Å². The van der Waals surface area contributed by atoms with Crippen molar-refractivity contribution in [2.75, 3.05) is 13.6 Å². The summed E-state index contributed by atoms with van der Waals surface area (Å²) in [5, 5.41) is 0. The van der Waals surface area contributed by atoms with Gasteiger partial charge < -0.3 is 4.90 Å². The summed E-state index contributed by atoms with van der Waals surface area (Å²) in [5.74, 6) is 3.02. The van der Waals surface area contributed by atoms with Crippen molar-refractivity contribution in [1.82, 2.24) is 4.90 Å². The molecule has 0 radical (unpaired) electrons. The number of nitrogens with zero attached hydrogens (tertiary/aromatic N) is 1. The van der Waals surface area contributed by atoms with E-state index in [9.17, 15) is 0 Å². The summed E-state index contributed by atoms with van der Waals surface area (Å²) >= 11 is 0. The second-order valence-electron chi connectivity index (χ2n) is 4.33. The summed E-state index contributed by atoms with van der Waals surface area (Å²) < 4.78 is 0. The minimum Gasteiger partial charge on any atom is -0.303 e. The first-order valence-corrected chi connectivity index (χ1v) is 4.40. The maximum atomic E-state index is 2.55. The first kappa shape index (κ1) is 6.66. The van der Waals surface area contributed by atoms with E-state index in [4.69, 9.17) is 0 Å². The molecule has 0 aromatic heterocycles. The van der Waals surface area contributed by atoms with Crippen LogP contribution in [0.4, 0.5) is 0 Å². The highest BCUT2D eigenvalue weighted by atomic mass is 15.2. The van der Waals surface area contributed by atoms with E-state index < -0.39 is 0 Å². The summed E-state index contributed by atoms with van der Waals surface area (Å²) in [7, 11) is 2.27. The van der Waals surface area contributed by atoms with E-state index in [-0.39, 0.29) is 0 Å². The van der Waals surface area contributed by atoms with Crippen molar-refractivity contribution in [3.05, 3.63) is 0 Å². The fourth-order valence-electron chi connectivity index (χ4n) is 2.72. The number of rotatable bonds is 1. The highest BCUT2D eigenvalue weighted by Crippen LogP contribution is 2.50. The number of hydrogen-bond acceptors (Lipinski definition) is 1. The minimum absolute atomic E-state index is 0.863. The van der Waals surface area contributed by atoms with Crippen LogP contribution in [0.2, 0.25) is 0 Å². The molecule has 0 N–H and O–H groups in total. The van der Waals surface area contributed by atoms with Crippen molar-refractivity contribution >= 4 is 0 Å². The summed E-state index contributed by atoms with van der Waals surface area (Å²) in [4.78, 5) is 2.55. The number of hydrogen-bond donors (Lipinski definition) is 0. The first-order chi connectivity index (χ1) is 4.70. The van der Waals surface area contributed by atoms with E-state index in [2.05, 4.69) is 25.8 Å². The molecule has 2 fully saturated rings. The van der Waals surface area contributed by atoms with Crippen LogP contribution >= 0.6 is 0 Å². The highest BCUT2D eigenvalue weighted by Gasteiger charge is 2.51. The van der Waals surface area contributed by atoms with E-state index in [1.165, 1.54) is 13.0 Å². The van der Waals surface area contributed by atoms with Gasteiger partial charge in [0.25, 0.3) is 0 Å². The van der Waals surface area contributed by atoms with Crippen LogP contribution in [0.25, 0.3) is 0 Å². The number of likely N-dealkylation sites (tertiary alicyclic amines) is 1. The monoisotopic (exact) mass is 139 g/mol. The zero-order valence-corrected chi connectivity index (χ0v) is 7.17. The molecule has 0 aromatic carbocycles. The maximum Gasteiger partial charge on any atom is 0.0147 e. The van der Waals surface area contributed by atoms with Gasteiger partial charge in [0.2, 0.25) is 0 Å². The molecule has 0 unspecified atom stereocenters. The van der Waals surface area contributed by atoms with Crippen molar-refractivity contribution < 1.29 is 0 Å². The Morgan fingerprint density at radius 2 is 2.10 bits per heavy atom. The summed E-state index contributed by atoms with van der Waals surface area (Å²) in [6.45, 7) is 6.07. The molecule has 0 spiro atoms. The van der Waals surface area contributed by atoms with E-state index in [0.29, 0.717) is 0 Å². The Morgan fingerprint density at radius 1 is 1.40 bits per heavy atom. The molecular formula is C9H17N. The average Bonchev–Trinajstić information content (AvgIpc) is 2.42. The lowest BCUT2D eigenvalue weighted by atomic mass is 10.0. The van der Waals surface area contributed by atoms with Crippen molar-refractivity contribution in [2.24, 2.45) is 17.8 Å². The van der Waals surface area contributed by atoms with Gasteiger partial charge in [-0.15, -0.1) is 0 Å². The van der Waals surface area contributed by atoms with Gasteiger partial charge in [-0.1, -0.05) is 13.8 Å². The van der Waals surface area contributed by atoms with Gasteiger partial charge in [0.1, 0.15) is 0 Å². The van der Waals surface area contributed by atoms with Gasteiger partial charge >= 0.3 is 0 Å². The number of fused-ring (bicyclic) bond motifs is 1. The van der Waals surface area contributed by atoms with E-state index in [1.54, 1.807) is 0 Å². The molecule has 1 heteroatoms. The Kier molecular flexibility index (Phi) is 1.31. The summed E-state index contributed by atoms with van der Waals surface area (Å²) in [6, 6.07) is 0.907. The summed E-state index contributed by atoms with van der Waals surface area (Å²) in [5.41, 5.74) is 0. The Morgan fingerprint density at radius 3 is 2.40 bits per heavy atom. The van der Waals surface area contributed by atoms with Gasteiger partial charge in [-0.3, -0.25) is 0 Å². The van der Waals surface area contributed by atoms with Crippen LogP contribution in [0.15, 0.2) is 0 Å². The topological polar surface area (TPSA) is 3.24 Å². The van der Waals surface area contributed by atoms with Crippen LogP contribution in [0.1, 0.15) is 20.3 Å². The largest absolute Gasteiger partial charge is 0.303 e. The second kappa shape index (κ2) is 1.97. The maximum absolute atomic E-state index is 2.55. The molecule has 0 bridgehead atoms. The fourth-order valence-corrected chi connectivity index (χ4v) is 2.72. The molecule has 3 atom stereocenters. The molecule has 1 nitrogen and oxygen atoms in total. The predicted octanol–water partition coefficient (Wildman–Crippen LogP) is 1.59. The molecule has 1 saturated heterocycles. The fraction of sp³-hybridized carbons (Fsp3) is 1.00. The second-order valence-corrected chi connectivity index (χ2v) is 4.33. The van der Waals surface area contributed by atoms with Gasteiger partial charge in [0.15, 0.2) is 0 Å². The van der Waals surface area contributed by atoms with Gasteiger partial charge in [-0.2, -0.15) is 0 Å². The zero-order valence-electron chi connectivity index (χ0n) is 7.17. The van der Waals surface area contributed by atoms with Crippen LogP contribution < -0.4 is 0 Å². The van der Waals surface area contributed by atoms with Crippen LogP contribution in [0, 0.1) is 17.8 Å². The standard InChI is InChI=1S/C9H17N/c1-6(2)9-8-4-7(8)5-10(9)3/h6-9H,4-5H2,1-3H3/t7-,8-,9+/m1/s1. The quantitative estimate of drug-likeness (QED) is 0.533. The van der Waals surface area contributed by atoms with Gasteiger partial charge in [-0.25, -0.2) is 0 Å². The Labute approximate surface area is 63.4 Å². The molecule has 10 heavy (non-hydrogen) atoms. The first-order valence-electron chi connectivity index (χ1n) is 4.40. The molecule has 1 saturated carbocycles. The predicted molar refractivity (Wildman–Crippen MR) is 42.9 cm³/mol. The molecule has 2 rings (SSSR count). The minimum atomic E-state index is 0.863. The van der Waals surface area contributed by atoms with Crippen LogP contribution in [-0.2, 0) is 0 Å². The van der Waals surface area contributed by atoms with Gasteiger partial charge in [0.05, 0.1) is 0 Å². The third-order valence-electron chi connectivity index (χ3n) is 3.13. The van der Waals surface area contributed by atoms with Crippen LogP contribution in [-0.4, -0.2) is 24.5 Å². The lowest BCUT2D eigenvalue weighted by Crippen LogP contribution is -2.33. The third kappa shape index (κ3) is 0.800. The van der Waals surface area contributed by atoms with Crippen molar-refractivity contribution in [3.8, 4) is 0 Å². The molecule has 1 heterocycles. The van der Waals surface area contributed by atoms with Crippen molar-refractivity contribution in [3.63, 3.8) is 0 Å². The van der Waals surface area contributed by atoms with E-state index >= 15 is 0 Å². The average molecular weight is 139 g/mol. The molecule has 0 amide bonds. The lowest BCUT2D eigenvalue weighted by molar-refractivity contribution is 0.214. The highest BCUT2D eigenvalue weighted by molar-refractivity contribution is 5.03. The normalized spacial score (nSPS) is 46.2.